The van der Waals surface area contributed by atoms with Gasteiger partial charge in [-0.1, -0.05) is 13.8 Å². The molecule has 0 spiro atoms. The maximum absolute atomic E-state index is 3.46. The van der Waals surface area contributed by atoms with Gasteiger partial charge in [-0.25, -0.2) is 0 Å². The molecule has 0 bridgehead atoms. The van der Waals surface area contributed by atoms with E-state index in [2.05, 4.69) is 43.1 Å². The Kier molecular flexibility index (Phi) is 12.3. The molecule has 104 valence electrons. The number of nitrogens with one attached hydrogen (secondary N) is 1. The second kappa shape index (κ2) is 12.3. The molecule has 0 saturated heterocycles. The van der Waals surface area contributed by atoms with E-state index in [0.29, 0.717) is 0 Å². The fraction of sp³-hybridized carbons (Fsp3) is 1.00. The minimum absolute atomic E-state index is 1.17. The molecule has 0 aromatic heterocycles. The van der Waals surface area contributed by atoms with Gasteiger partial charge in [0.05, 0.1) is 0 Å². The molecule has 0 rings (SSSR count). The van der Waals surface area contributed by atoms with Gasteiger partial charge in [-0.15, -0.1) is 0 Å². The maximum Gasteiger partial charge on any atom is 0.0109 e. The Hall–Kier alpha value is -0.120. The van der Waals surface area contributed by atoms with Crippen LogP contribution in [0.15, 0.2) is 0 Å². The van der Waals surface area contributed by atoms with Gasteiger partial charge in [0.25, 0.3) is 0 Å². The molecular formula is C14H33N3. The molecule has 0 aromatic carbocycles. The van der Waals surface area contributed by atoms with Crippen LogP contribution in [-0.2, 0) is 0 Å². The summed E-state index contributed by atoms with van der Waals surface area (Å²) in [6, 6.07) is 0. The highest BCUT2D eigenvalue weighted by Gasteiger charge is 2.03. The van der Waals surface area contributed by atoms with Gasteiger partial charge < -0.3 is 15.1 Å². The predicted molar refractivity (Wildman–Crippen MR) is 77.7 cm³/mol. The van der Waals surface area contributed by atoms with Crippen molar-refractivity contribution in [3.63, 3.8) is 0 Å². The summed E-state index contributed by atoms with van der Waals surface area (Å²) in [5.41, 5.74) is 0. The van der Waals surface area contributed by atoms with Crippen molar-refractivity contribution in [2.24, 2.45) is 0 Å². The van der Waals surface area contributed by atoms with Crippen LogP contribution in [0.2, 0.25) is 0 Å². The van der Waals surface area contributed by atoms with Crippen LogP contribution in [0.5, 0.6) is 0 Å². The van der Waals surface area contributed by atoms with E-state index in [0.717, 1.165) is 0 Å². The van der Waals surface area contributed by atoms with Gasteiger partial charge in [-0.05, 0) is 66.0 Å². The molecule has 0 aliphatic carbocycles. The van der Waals surface area contributed by atoms with Crippen LogP contribution in [-0.4, -0.2) is 63.2 Å². The molecule has 0 unspecified atom stereocenters. The minimum Gasteiger partial charge on any atom is -0.317 e. The molecule has 0 radical (unpaired) electrons. The Balaban J connectivity index is 3.48. The molecule has 0 atom stereocenters. The highest BCUT2D eigenvalue weighted by atomic mass is 15.2. The van der Waals surface area contributed by atoms with Crippen LogP contribution < -0.4 is 5.32 Å². The fourth-order valence-corrected chi connectivity index (χ4v) is 1.88. The molecule has 0 aliphatic rings. The van der Waals surface area contributed by atoms with Crippen LogP contribution in [0.3, 0.4) is 0 Å². The highest BCUT2D eigenvalue weighted by Crippen LogP contribution is 1.97. The van der Waals surface area contributed by atoms with E-state index < -0.39 is 0 Å². The maximum atomic E-state index is 3.46. The first-order valence-electron chi connectivity index (χ1n) is 7.28. The van der Waals surface area contributed by atoms with Crippen molar-refractivity contribution in [3.8, 4) is 0 Å². The number of rotatable bonds is 12. The Bertz CT molecular complexity index is 148. The third kappa shape index (κ3) is 12.1. The lowest BCUT2D eigenvalue weighted by Crippen LogP contribution is -2.33. The zero-order chi connectivity index (χ0) is 12.9. The summed E-state index contributed by atoms with van der Waals surface area (Å²) in [4.78, 5) is 4.87. The summed E-state index contributed by atoms with van der Waals surface area (Å²) >= 11 is 0. The molecule has 0 aliphatic heterocycles. The summed E-state index contributed by atoms with van der Waals surface area (Å²) < 4.78 is 0. The normalized spacial score (nSPS) is 11.6. The molecule has 0 fully saturated rings. The van der Waals surface area contributed by atoms with Crippen LogP contribution in [0.1, 0.15) is 39.5 Å². The van der Waals surface area contributed by atoms with E-state index in [9.17, 15) is 0 Å². The number of hydrogen-bond acceptors (Lipinski definition) is 3. The first-order valence-corrected chi connectivity index (χ1v) is 7.28. The molecule has 0 aromatic rings. The second-order valence-electron chi connectivity index (χ2n) is 5.10. The Morgan fingerprint density at radius 1 is 0.765 bits per heavy atom. The molecule has 17 heavy (non-hydrogen) atoms. The lowest BCUT2D eigenvalue weighted by Gasteiger charge is -2.23. The molecule has 1 N–H and O–H groups in total. The fourth-order valence-electron chi connectivity index (χ4n) is 1.88. The quantitative estimate of drug-likeness (QED) is 0.529. The van der Waals surface area contributed by atoms with E-state index >= 15 is 0 Å². The van der Waals surface area contributed by atoms with Crippen molar-refractivity contribution in [2.45, 2.75) is 39.5 Å². The number of hydrogen-bond donors (Lipinski definition) is 1. The van der Waals surface area contributed by atoms with Gasteiger partial charge in [-0.2, -0.15) is 0 Å². The summed E-state index contributed by atoms with van der Waals surface area (Å²) in [5.74, 6) is 0. The second-order valence-corrected chi connectivity index (χ2v) is 5.10. The van der Waals surface area contributed by atoms with Gasteiger partial charge >= 0.3 is 0 Å². The predicted octanol–water partition coefficient (Wildman–Crippen LogP) is 2.04. The third-order valence-electron chi connectivity index (χ3n) is 2.91. The molecule has 3 nitrogen and oxygen atoms in total. The third-order valence-corrected chi connectivity index (χ3v) is 2.91. The first kappa shape index (κ1) is 16.9. The zero-order valence-corrected chi connectivity index (χ0v) is 12.5. The molecule has 0 saturated carbocycles. The molecular weight excluding hydrogens is 210 g/mol. The Labute approximate surface area is 109 Å². The average Bonchev–Trinajstić information content (AvgIpc) is 2.30. The average molecular weight is 243 g/mol. The van der Waals surface area contributed by atoms with Crippen molar-refractivity contribution < 1.29 is 0 Å². The van der Waals surface area contributed by atoms with Crippen molar-refractivity contribution in [1.82, 2.24) is 15.1 Å². The SMILES string of the molecule is CCCNCCCCN(CCC)CCN(C)C. The monoisotopic (exact) mass is 243 g/mol. The van der Waals surface area contributed by atoms with Gasteiger partial charge in [0.1, 0.15) is 0 Å². The van der Waals surface area contributed by atoms with Crippen molar-refractivity contribution in [1.29, 1.82) is 0 Å². The Morgan fingerprint density at radius 3 is 2.12 bits per heavy atom. The summed E-state index contributed by atoms with van der Waals surface area (Å²) in [6.45, 7) is 11.7. The summed E-state index contributed by atoms with van der Waals surface area (Å²) in [6.07, 6.45) is 5.14. The van der Waals surface area contributed by atoms with Gasteiger partial charge in [0.2, 0.25) is 0 Å². The smallest absolute Gasteiger partial charge is 0.0109 e. The van der Waals surface area contributed by atoms with Crippen molar-refractivity contribution >= 4 is 0 Å². The number of unbranched alkanes of at least 4 members (excludes halogenated alkanes) is 1. The standard InChI is InChI=1S/C14H33N3/c1-5-9-15-10-7-8-12-17(11-6-2)14-13-16(3)4/h15H,5-14H2,1-4H3. The zero-order valence-electron chi connectivity index (χ0n) is 12.5. The van der Waals surface area contributed by atoms with E-state index in [1.54, 1.807) is 0 Å². The minimum atomic E-state index is 1.17. The Morgan fingerprint density at radius 2 is 1.53 bits per heavy atom. The van der Waals surface area contributed by atoms with Crippen LogP contribution in [0.25, 0.3) is 0 Å². The molecule has 0 amide bonds. The van der Waals surface area contributed by atoms with Gasteiger partial charge in [0, 0.05) is 13.1 Å². The van der Waals surface area contributed by atoms with Crippen LogP contribution in [0, 0.1) is 0 Å². The molecule has 0 heterocycles. The van der Waals surface area contributed by atoms with E-state index in [1.165, 1.54) is 65.0 Å². The highest BCUT2D eigenvalue weighted by molar-refractivity contribution is 4.60. The van der Waals surface area contributed by atoms with E-state index in [-0.39, 0.29) is 0 Å². The van der Waals surface area contributed by atoms with E-state index in [1.807, 2.05) is 0 Å². The van der Waals surface area contributed by atoms with Crippen LogP contribution >= 0.6 is 0 Å². The first-order chi connectivity index (χ1) is 8.20. The van der Waals surface area contributed by atoms with Gasteiger partial charge in [0.15, 0.2) is 0 Å². The number of nitrogens with zero attached hydrogens (tertiary/aromatic N) is 2. The largest absolute Gasteiger partial charge is 0.317 e. The van der Waals surface area contributed by atoms with Crippen molar-refractivity contribution in [2.75, 3.05) is 53.4 Å². The van der Waals surface area contributed by atoms with Crippen molar-refractivity contribution in [3.05, 3.63) is 0 Å². The molecule has 3 heteroatoms. The van der Waals surface area contributed by atoms with Crippen LogP contribution in [0.4, 0.5) is 0 Å². The van der Waals surface area contributed by atoms with Gasteiger partial charge in [-0.3, -0.25) is 0 Å². The topological polar surface area (TPSA) is 18.5 Å². The summed E-state index contributed by atoms with van der Waals surface area (Å²) in [7, 11) is 4.30. The number of likely N-dealkylation sites (N-methyl/N-ethyl adjacent to an activating group) is 1. The van der Waals surface area contributed by atoms with E-state index in [4.69, 9.17) is 0 Å². The lowest BCUT2D eigenvalue weighted by molar-refractivity contribution is 0.237. The lowest BCUT2D eigenvalue weighted by atomic mass is 10.2. The summed E-state index contributed by atoms with van der Waals surface area (Å²) in [5, 5.41) is 3.46.